The molecule has 0 heterocycles. The summed E-state index contributed by atoms with van der Waals surface area (Å²) in [7, 11) is -23.1. The molecule has 0 saturated carbocycles. The highest BCUT2D eigenvalue weighted by Crippen LogP contribution is 2.49. The van der Waals surface area contributed by atoms with Crippen LogP contribution in [0.1, 0.15) is 15.9 Å². The normalized spacial score (nSPS) is 12.9. The van der Waals surface area contributed by atoms with Crippen molar-refractivity contribution in [3.8, 4) is 0 Å². The van der Waals surface area contributed by atoms with E-state index < -0.39 is 126 Å². The van der Waals surface area contributed by atoms with Crippen LogP contribution in [0.4, 0.5) is 45.5 Å². The average molecular weight is 978 g/mol. The Morgan fingerprint density at radius 3 is 1.44 bits per heavy atom. The van der Waals surface area contributed by atoms with Crippen LogP contribution in [-0.2, 0) is 70.3 Å². The molecule has 0 aromatic heterocycles. The molecule has 0 bridgehead atoms. The number of nitrogens with one attached hydrogen (secondary N) is 1. The Kier molecular flexibility index (Phi) is 15.6. The van der Waals surface area contributed by atoms with Crippen LogP contribution in [0.25, 0.3) is 0 Å². The molecular formula is C31H31N9O18S5. The first-order chi connectivity index (χ1) is 29.2. The lowest BCUT2D eigenvalue weighted by Crippen LogP contribution is -2.15. The summed E-state index contributed by atoms with van der Waals surface area (Å²) in [6, 6.07) is 11.8. The summed E-state index contributed by atoms with van der Waals surface area (Å²) in [6.07, 6.45) is 0.587. The maximum atomic E-state index is 12.8. The van der Waals surface area contributed by atoms with Crippen molar-refractivity contribution < 1.29 is 78.8 Å². The van der Waals surface area contributed by atoms with Crippen molar-refractivity contribution in [2.45, 2.75) is 21.3 Å². The summed E-state index contributed by atoms with van der Waals surface area (Å²) in [6.45, 7) is -2.09. The van der Waals surface area contributed by atoms with E-state index in [-0.39, 0.29) is 33.3 Å². The minimum atomic E-state index is -4.99. The number of benzene rings is 4. The number of azo groups is 3. The summed E-state index contributed by atoms with van der Waals surface area (Å²) in [5.74, 6) is -3.52. The molecule has 0 radical (unpaired) electrons. The zero-order valence-electron chi connectivity index (χ0n) is 31.3. The largest absolute Gasteiger partial charge is 0.479 e. The van der Waals surface area contributed by atoms with E-state index in [1.807, 2.05) is 0 Å². The summed E-state index contributed by atoms with van der Waals surface area (Å²) >= 11 is 0. The van der Waals surface area contributed by atoms with Crippen LogP contribution >= 0.6 is 0 Å². The third kappa shape index (κ3) is 13.9. The molecule has 4 rings (SSSR count). The molecule has 0 unspecified atom stereocenters. The predicted molar refractivity (Wildman–Crippen MR) is 217 cm³/mol. The van der Waals surface area contributed by atoms with E-state index in [4.69, 9.17) is 30.7 Å². The molecule has 0 aliphatic carbocycles. The monoisotopic (exact) mass is 977 g/mol. The van der Waals surface area contributed by atoms with Gasteiger partial charge in [0.1, 0.15) is 39.8 Å². The van der Waals surface area contributed by atoms with Crippen LogP contribution in [0.2, 0.25) is 0 Å². The maximum Gasteiger partial charge on any atom is 0.397 e. The molecule has 4 aromatic rings. The number of nitrogens with two attached hydrogens (primary N) is 2. The fraction of sp³-hybridized carbons (Fsp3) is 0.161. The number of nitrogens with zero attached hydrogens (tertiary/aromatic N) is 6. The minimum Gasteiger partial charge on any atom is -0.479 e. The summed E-state index contributed by atoms with van der Waals surface area (Å²) in [5, 5.41) is 40.9. The van der Waals surface area contributed by atoms with Gasteiger partial charge in [-0.15, -0.1) is 20.5 Å². The molecule has 0 fully saturated rings. The summed E-state index contributed by atoms with van der Waals surface area (Å²) in [4.78, 5) is 11.3. The molecule has 0 amide bonds. The average Bonchev–Trinajstić information content (AvgIpc) is 3.17. The van der Waals surface area contributed by atoms with E-state index in [9.17, 15) is 56.5 Å². The summed E-state index contributed by atoms with van der Waals surface area (Å²) in [5.41, 5.74) is 7.89. The maximum absolute atomic E-state index is 12.8. The molecule has 0 aliphatic heterocycles. The van der Waals surface area contributed by atoms with Crippen molar-refractivity contribution in [2.75, 3.05) is 36.2 Å². The number of carboxylic acids is 1. The Hall–Kier alpha value is -6.23. The van der Waals surface area contributed by atoms with Crippen molar-refractivity contribution in [3.05, 3.63) is 77.9 Å². The first kappa shape index (κ1) is 49.4. The van der Waals surface area contributed by atoms with Crippen LogP contribution in [-0.4, -0.2) is 97.9 Å². The third-order valence-electron chi connectivity index (χ3n) is 7.69. The number of anilines is 2. The number of carboxylic acid groups (broad SMARTS) is 1. The van der Waals surface area contributed by atoms with Gasteiger partial charge in [0.15, 0.2) is 26.1 Å². The second kappa shape index (κ2) is 19.9. The van der Waals surface area contributed by atoms with E-state index in [1.54, 1.807) is 0 Å². The minimum absolute atomic E-state index is 0.0723. The van der Waals surface area contributed by atoms with Gasteiger partial charge >= 0.3 is 26.8 Å². The van der Waals surface area contributed by atoms with Gasteiger partial charge in [-0.1, -0.05) is 6.07 Å². The van der Waals surface area contributed by atoms with Crippen LogP contribution in [0, 0.1) is 5.41 Å². The number of hydrogen-bond donors (Lipinski definition) is 7. The molecule has 32 heteroatoms. The van der Waals surface area contributed by atoms with E-state index in [2.05, 4.69) is 39.1 Å². The van der Waals surface area contributed by atoms with Gasteiger partial charge in [-0.2, -0.15) is 35.5 Å². The number of carbonyl (C=O) groups is 1. The van der Waals surface area contributed by atoms with Gasteiger partial charge in [-0.3, -0.25) is 19.1 Å². The van der Waals surface area contributed by atoms with Crippen molar-refractivity contribution in [3.63, 3.8) is 0 Å². The lowest BCUT2D eigenvalue weighted by molar-refractivity contribution is 0.0698. The lowest BCUT2D eigenvalue weighted by atomic mass is 10.1. The zero-order chi connectivity index (χ0) is 47.0. The fourth-order valence-electron chi connectivity index (χ4n) is 4.85. The van der Waals surface area contributed by atoms with Crippen molar-refractivity contribution >= 4 is 108 Å². The Labute approximate surface area is 357 Å². The topological polar surface area (TPSA) is 446 Å². The predicted octanol–water partition coefficient (Wildman–Crippen LogP) is 4.35. The third-order valence-corrected chi connectivity index (χ3v) is 12.9. The van der Waals surface area contributed by atoms with Gasteiger partial charge in [0.2, 0.25) is 0 Å². The molecular weight excluding hydrogens is 947 g/mol. The first-order valence-corrected chi connectivity index (χ1v) is 24.0. The van der Waals surface area contributed by atoms with Crippen LogP contribution in [0.5, 0.6) is 0 Å². The highest BCUT2D eigenvalue weighted by atomic mass is 32.3. The van der Waals surface area contributed by atoms with Crippen molar-refractivity contribution in [1.29, 1.82) is 5.41 Å². The Morgan fingerprint density at radius 1 is 0.619 bits per heavy atom. The van der Waals surface area contributed by atoms with E-state index in [0.717, 1.165) is 60.7 Å². The Balaban J connectivity index is 1.85. The Bertz CT molecular complexity index is 3070. The smallest absolute Gasteiger partial charge is 0.397 e. The zero-order valence-corrected chi connectivity index (χ0v) is 35.4. The number of sulfone groups is 2. The van der Waals surface area contributed by atoms with Gasteiger partial charge in [0, 0.05) is 0 Å². The molecule has 9 N–H and O–H groups in total. The van der Waals surface area contributed by atoms with Crippen molar-refractivity contribution in [1.82, 2.24) is 0 Å². The van der Waals surface area contributed by atoms with Gasteiger partial charge in [0.25, 0.3) is 10.1 Å². The molecule has 0 aliphatic rings. The van der Waals surface area contributed by atoms with Gasteiger partial charge in [-0.05, 0) is 66.2 Å². The fourth-order valence-corrected chi connectivity index (χ4v) is 8.43. The van der Waals surface area contributed by atoms with Gasteiger partial charge in [0.05, 0.1) is 57.3 Å². The molecule has 338 valence electrons. The number of ether oxygens (including phenoxy) is 1. The molecule has 27 nitrogen and oxygen atoms in total. The lowest BCUT2D eigenvalue weighted by Gasteiger charge is -2.13. The van der Waals surface area contributed by atoms with Crippen LogP contribution in [0.3, 0.4) is 0 Å². The number of aromatic carboxylic acids is 1. The standard InChI is InChI=1S/C31H31N9O18S5/c32-17-56-16-18-1-10-24(61(47,48)49)23(15-18)37-39-29-25(31(41)42)28(38-35-19-2-6-21(7-3-19)59(43,44)13-11-57-62(50,51)52)26(33)30(27(29)34)40-36-20-4-8-22(9-5-20)60(45,46)14-12-58-63(53,54)55/h1-10,15,17,32H,11-14,16,33-34H2,(H,41,42)(H,47,48,49)(H,50,51,52)(H,53,54,55). The molecule has 0 saturated heterocycles. The number of rotatable bonds is 21. The van der Waals surface area contributed by atoms with Crippen LogP contribution in [0.15, 0.2) is 112 Å². The highest BCUT2D eigenvalue weighted by Gasteiger charge is 2.28. The number of hydrogen-bond acceptors (Lipinski definition) is 23. The van der Waals surface area contributed by atoms with Crippen LogP contribution < -0.4 is 11.5 Å². The molecule has 0 spiro atoms. The van der Waals surface area contributed by atoms with E-state index >= 15 is 0 Å². The quantitative estimate of drug-likeness (QED) is 0.0200. The second-order valence-corrected chi connectivity index (χ2v) is 19.8. The first-order valence-electron chi connectivity index (χ1n) is 16.6. The molecule has 0 atom stereocenters. The second-order valence-electron chi connectivity index (χ2n) is 12.0. The van der Waals surface area contributed by atoms with Crippen molar-refractivity contribution in [2.24, 2.45) is 30.7 Å². The van der Waals surface area contributed by atoms with Gasteiger partial charge in [-0.25, -0.2) is 30.0 Å². The Morgan fingerprint density at radius 2 is 1.05 bits per heavy atom. The highest BCUT2D eigenvalue weighted by molar-refractivity contribution is 7.91. The molecule has 4 aromatic carbocycles. The van der Waals surface area contributed by atoms with Gasteiger partial charge < -0.3 is 21.3 Å². The number of nitrogen functional groups attached to an aromatic ring is 2. The van der Waals surface area contributed by atoms with E-state index in [0.29, 0.717) is 6.40 Å². The van der Waals surface area contributed by atoms with E-state index in [1.165, 1.54) is 6.07 Å². The molecule has 63 heavy (non-hydrogen) atoms. The summed E-state index contributed by atoms with van der Waals surface area (Å²) < 4.78 is 158. The SMILES string of the molecule is N=COCc1ccc(S(=O)(=O)O)c(N=Nc2c(N)c(N=Nc3ccc(S(=O)(=O)CCOS(=O)(=O)O)cc3)c(N)c(N=Nc3ccc(S(=O)(=O)CCOS(=O)(=O)O)cc3)c2C(=O)O)c1.